The zero-order valence-electron chi connectivity index (χ0n) is 15.8. The third-order valence-corrected chi connectivity index (χ3v) is 4.49. The van der Waals surface area contributed by atoms with Gasteiger partial charge in [-0.15, -0.1) is 0 Å². The lowest BCUT2D eigenvalue weighted by molar-refractivity contribution is 0.0600. The van der Waals surface area contributed by atoms with Crippen LogP contribution in [0.5, 0.6) is 0 Å². The number of esters is 1. The van der Waals surface area contributed by atoms with E-state index in [0.29, 0.717) is 16.7 Å². The number of benzene rings is 2. The van der Waals surface area contributed by atoms with Crippen molar-refractivity contribution in [3.05, 3.63) is 75.1 Å². The molecule has 0 aliphatic carbocycles. The van der Waals surface area contributed by atoms with Gasteiger partial charge in [-0.3, -0.25) is 0 Å². The minimum absolute atomic E-state index is 0.377. The highest BCUT2D eigenvalue weighted by atomic mass is 16.5. The van der Waals surface area contributed by atoms with Crippen molar-refractivity contribution >= 4 is 34.8 Å². The molecule has 0 amide bonds. The topological polar surface area (TPSA) is 59.8 Å². The van der Waals surface area contributed by atoms with Gasteiger partial charge in [0.15, 0.2) is 0 Å². The van der Waals surface area contributed by atoms with E-state index in [0.717, 1.165) is 22.2 Å². The first-order valence-electron chi connectivity index (χ1n) is 8.52. The molecule has 3 aromatic rings. The Morgan fingerprint density at radius 3 is 2.41 bits per heavy atom. The molecule has 1 aromatic heterocycles. The molecule has 27 heavy (non-hydrogen) atoms. The molecule has 0 saturated heterocycles. The molecule has 0 saturated carbocycles. The Hall–Kier alpha value is -3.34. The van der Waals surface area contributed by atoms with E-state index in [4.69, 9.17) is 4.42 Å². The number of carbonyl (C=O) groups is 1. The lowest BCUT2D eigenvalue weighted by atomic mass is 10.0. The fourth-order valence-electron chi connectivity index (χ4n) is 2.86. The average molecular weight is 363 g/mol. The molecule has 0 unspecified atom stereocenters. The van der Waals surface area contributed by atoms with Crippen LogP contribution in [0.15, 0.2) is 51.7 Å². The summed E-state index contributed by atoms with van der Waals surface area (Å²) in [6.07, 6.45) is 3.56. The number of hydrogen-bond acceptors (Lipinski definition) is 5. The highest BCUT2D eigenvalue weighted by Crippen LogP contribution is 2.25. The zero-order valence-corrected chi connectivity index (χ0v) is 15.8. The van der Waals surface area contributed by atoms with Gasteiger partial charge in [0.05, 0.1) is 18.2 Å². The Morgan fingerprint density at radius 2 is 1.78 bits per heavy atom. The van der Waals surface area contributed by atoms with Crippen LogP contribution >= 0.6 is 0 Å². The first kappa shape index (κ1) is 18.5. The molecule has 0 radical (unpaired) electrons. The zero-order chi connectivity index (χ0) is 19.6. The van der Waals surface area contributed by atoms with Crippen LogP contribution in [0, 0.1) is 6.92 Å². The molecule has 5 heteroatoms. The molecular weight excluding hydrogens is 342 g/mol. The summed E-state index contributed by atoms with van der Waals surface area (Å²) < 4.78 is 10.2. The van der Waals surface area contributed by atoms with Crippen LogP contribution in [0.25, 0.3) is 23.1 Å². The third kappa shape index (κ3) is 3.77. The van der Waals surface area contributed by atoms with Crippen LogP contribution in [-0.4, -0.2) is 27.2 Å². The first-order chi connectivity index (χ1) is 12.9. The number of ether oxygens (including phenoxy) is 1. The number of aryl methyl sites for hydroxylation is 1. The second kappa shape index (κ2) is 7.50. The Balaban J connectivity index is 1.97. The fraction of sp³-hybridized carbons (Fsp3) is 0.182. The van der Waals surface area contributed by atoms with Gasteiger partial charge in [0.1, 0.15) is 5.58 Å². The predicted octanol–water partition coefficient (Wildman–Crippen LogP) is 4.12. The molecule has 0 N–H and O–H groups in total. The molecule has 138 valence electrons. The van der Waals surface area contributed by atoms with Gasteiger partial charge in [0.25, 0.3) is 0 Å². The molecule has 2 aromatic carbocycles. The highest BCUT2D eigenvalue weighted by Gasteiger charge is 2.10. The Bertz CT molecular complexity index is 1080. The number of rotatable bonds is 4. The minimum atomic E-state index is -0.381. The van der Waals surface area contributed by atoms with Gasteiger partial charge >= 0.3 is 11.6 Å². The Labute approximate surface area is 157 Å². The average Bonchev–Trinajstić information content (AvgIpc) is 2.67. The van der Waals surface area contributed by atoms with Crippen molar-refractivity contribution in [1.82, 2.24) is 0 Å². The number of hydrogen-bond donors (Lipinski definition) is 0. The highest BCUT2D eigenvalue weighted by molar-refractivity contribution is 5.90. The van der Waals surface area contributed by atoms with Gasteiger partial charge in [0, 0.05) is 31.2 Å². The van der Waals surface area contributed by atoms with Gasteiger partial charge in [-0.05, 0) is 48.4 Å². The van der Waals surface area contributed by atoms with Gasteiger partial charge in [0.2, 0.25) is 0 Å². The minimum Gasteiger partial charge on any atom is -0.465 e. The van der Waals surface area contributed by atoms with Crippen molar-refractivity contribution in [2.75, 3.05) is 26.1 Å². The second-order valence-corrected chi connectivity index (χ2v) is 6.45. The van der Waals surface area contributed by atoms with E-state index >= 15 is 0 Å². The van der Waals surface area contributed by atoms with E-state index in [2.05, 4.69) is 4.74 Å². The summed E-state index contributed by atoms with van der Waals surface area (Å²) in [6.45, 7) is 1.91. The van der Waals surface area contributed by atoms with Crippen LogP contribution < -0.4 is 10.5 Å². The van der Waals surface area contributed by atoms with Crippen molar-refractivity contribution in [3.63, 3.8) is 0 Å². The molecule has 0 bridgehead atoms. The van der Waals surface area contributed by atoms with Crippen LogP contribution in [0.1, 0.15) is 27.0 Å². The van der Waals surface area contributed by atoms with Crippen molar-refractivity contribution in [2.45, 2.75) is 6.92 Å². The van der Waals surface area contributed by atoms with E-state index in [-0.39, 0.29) is 11.6 Å². The van der Waals surface area contributed by atoms with E-state index < -0.39 is 0 Å². The van der Waals surface area contributed by atoms with E-state index in [9.17, 15) is 9.59 Å². The van der Waals surface area contributed by atoms with E-state index in [1.54, 1.807) is 30.3 Å². The summed E-state index contributed by atoms with van der Waals surface area (Å²) in [4.78, 5) is 25.9. The maximum atomic E-state index is 12.4. The number of carbonyl (C=O) groups excluding carboxylic acids is 1. The maximum Gasteiger partial charge on any atom is 0.343 e. The summed E-state index contributed by atoms with van der Waals surface area (Å²) in [5.41, 5.74) is 3.89. The predicted molar refractivity (Wildman–Crippen MR) is 108 cm³/mol. The van der Waals surface area contributed by atoms with E-state index in [1.807, 2.05) is 50.2 Å². The lowest BCUT2D eigenvalue weighted by Crippen LogP contribution is -2.09. The van der Waals surface area contributed by atoms with Gasteiger partial charge in [-0.1, -0.05) is 18.2 Å². The molecule has 5 nitrogen and oxygen atoms in total. The van der Waals surface area contributed by atoms with Gasteiger partial charge < -0.3 is 14.1 Å². The van der Waals surface area contributed by atoms with Crippen molar-refractivity contribution in [2.24, 2.45) is 0 Å². The molecule has 3 rings (SSSR count). The molecule has 1 heterocycles. The summed E-state index contributed by atoms with van der Waals surface area (Å²) in [5.74, 6) is -0.381. The molecule has 0 aliphatic heterocycles. The first-order valence-corrected chi connectivity index (χ1v) is 8.52. The SMILES string of the molecule is COC(=O)c1ccc(/C=C/c2c(C)c3ccc(N(C)C)cc3oc2=O)cc1. The van der Waals surface area contributed by atoms with Crippen LogP contribution in [0.4, 0.5) is 5.69 Å². The van der Waals surface area contributed by atoms with Crippen molar-refractivity contribution in [3.8, 4) is 0 Å². The third-order valence-electron chi connectivity index (χ3n) is 4.49. The van der Waals surface area contributed by atoms with Crippen LogP contribution in [0.3, 0.4) is 0 Å². The van der Waals surface area contributed by atoms with Crippen molar-refractivity contribution in [1.29, 1.82) is 0 Å². The largest absolute Gasteiger partial charge is 0.465 e. The lowest BCUT2D eigenvalue weighted by Gasteiger charge is -2.13. The molecule has 0 atom stereocenters. The molecular formula is C22H21NO4. The normalized spacial score (nSPS) is 11.1. The summed E-state index contributed by atoms with van der Waals surface area (Å²) in [5, 5.41) is 0.904. The fourth-order valence-corrected chi connectivity index (χ4v) is 2.86. The summed E-state index contributed by atoms with van der Waals surface area (Å²) in [7, 11) is 5.23. The monoisotopic (exact) mass is 363 g/mol. The molecule has 0 spiro atoms. The van der Waals surface area contributed by atoms with Crippen LogP contribution in [-0.2, 0) is 4.74 Å². The van der Waals surface area contributed by atoms with Crippen LogP contribution in [0.2, 0.25) is 0 Å². The van der Waals surface area contributed by atoms with E-state index in [1.165, 1.54) is 7.11 Å². The number of methoxy groups -OCH3 is 1. The van der Waals surface area contributed by atoms with Gasteiger partial charge in [-0.25, -0.2) is 9.59 Å². The number of anilines is 1. The summed E-state index contributed by atoms with van der Waals surface area (Å²) in [6, 6.07) is 12.8. The standard InChI is InChI=1S/C22H21NO4/c1-14-18-12-10-17(23(2)3)13-20(18)27-22(25)19(14)11-7-15-5-8-16(9-6-15)21(24)26-4/h5-13H,1-4H3/b11-7+. The second-order valence-electron chi connectivity index (χ2n) is 6.45. The molecule has 0 aliphatic rings. The quantitative estimate of drug-likeness (QED) is 0.515. The Morgan fingerprint density at radius 1 is 1.07 bits per heavy atom. The van der Waals surface area contributed by atoms with Crippen molar-refractivity contribution < 1.29 is 13.9 Å². The number of fused-ring (bicyclic) bond motifs is 1. The van der Waals surface area contributed by atoms with Gasteiger partial charge in [-0.2, -0.15) is 0 Å². The molecule has 0 fully saturated rings. The number of nitrogens with zero attached hydrogens (tertiary/aromatic N) is 1. The maximum absolute atomic E-state index is 12.4. The smallest absolute Gasteiger partial charge is 0.343 e. The summed E-state index contributed by atoms with van der Waals surface area (Å²) >= 11 is 0. The Kier molecular flexibility index (Phi) is 5.12.